The van der Waals surface area contributed by atoms with Gasteiger partial charge in [-0.05, 0) is 12.1 Å². The third-order valence-electron chi connectivity index (χ3n) is 1.77. The monoisotopic (exact) mass is 178 g/mol. The molecular weight excluding hydrogens is 172 g/mol. The van der Waals surface area contributed by atoms with Gasteiger partial charge in [-0.25, -0.2) is 0 Å². The number of phenolic OH excluding ortho intramolecular Hbond substituents is 2. The van der Waals surface area contributed by atoms with Crippen molar-refractivity contribution in [2.75, 3.05) is 0 Å². The van der Waals surface area contributed by atoms with Crippen LogP contribution in [0.3, 0.4) is 0 Å². The van der Waals surface area contributed by atoms with Crippen molar-refractivity contribution in [3.05, 3.63) is 34.7 Å². The number of hydrogen-bond acceptors (Lipinski definition) is 4. The number of benzene rings is 1. The third-order valence-corrected chi connectivity index (χ3v) is 1.77. The molecule has 0 aliphatic carbocycles. The largest absolute Gasteiger partial charge is 0.507 e. The van der Waals surface area contributed by atoms with Gasteiger partial charge in [0, 0.05) is 6.07 Å². The Hall–Kier alpha value is -1.97. The van der Waals surface area contributed by atoms with Crippen LogP contribution in [0.25, 0.3) is 11.0 Å². The van der Waals surface area contributed by atoms with Gasteiger partial charge in [0.1, 0.15) is 11.1 Å². The molecule has 0 atom stereocenters. The number of rotatable bonds is 0. The molecule has 4 heteroatoms. The Bertz CT molecular complexity index is 512. The fraction of sp³-hybridized carbons (Fsp3) is 0. The second kappa shape index (κ2) is 2.52. The van der Waals surface area contributed by atoms with Crippen LogP contribution in [-0.4, -0.2) is 10.2 Å². The summed E-state index contributed by atoms with van der Waals surface area (Å²) < 4.78 is 4.89. The minimum Gasteiger partial charge on any atom is -0.507 e. The summed E-state index contributed by atoms with van der Waals surface area (Å²) in [5.74, 6) is -0.354. The van der Waals surface area contributed by atoms with Crippen LogP contribution < -0.4 is 5.43 Å². The van der Waals surface area contributed by atoms with Gasteiger partial charge in [0.15, 0.2) is 16.8 Å². The van der Waals surface area contributed by atoms with Gasteiger partial charge < -0.3 is 14.6 Å². The van der Waals surface area contributed by atoms with E-state index in [1.165, 1.54) is 24.5 Å². The van der Waals surface area contributed by atoms with E-state index in [2.05, 4.69) is 0 Å². The summed E-state index contributed by atoms with van der Waals surface area (Å²) in [4.78, 5) is 11.2. The molecule has 0 saturated carbocycles. The summed E-state index contributed by atoms with van der Waals surface area (Å²) in [6, 6.07) is 3.69. The molecule has 0 saturated heterocycles. The second-order valence-electron chi connectivity index (χ2n) is 2.59. The van der Waals surface area contributed by atoms with E-state index in [0.29, 0.717) is 0 Å². The first kappa shape index (κ1) is 7.67. The Balaban J connectivity index is 3.09. The Morgan fingerprint density at radius 1 is 1.08 bits per heavy atom. The summed E-state index contributed by atoms with van der Waals surface area (Å²) in [5, 5.41) is 18.6. The highest BCUT2D eigenvalue weighted by atomic mass is 16.3. The molecule has 1 heterocycles. The van der Waals surface area contributed by atoms with Gasteiger partial charge in [0.25, 0.3) is 0 Å². The molecule has 2 aromatic rings. The molecule has 1 aromatic heterocycles. The molecule has 0 fully saturated rings. The number of fused-ring (bicyclic) bond motifs is 1. The fourth-order valence-electron chi connectivity index (χ4n) is 1.17. The lowest BCUT2D eigenvalue weighted by atomic mass is 10.2. The van der Waals surface area contributed by atoms with Crippen LogP contribution in [0.15, 0.2) is 33.7 Å². The van der Waals surface area contributed by atoms with Crippen molar-refractivity contribution in [1.82, 2.24) is 0 Å². The van der Waals surface area contributed by atoms with E-state index >= 15 is 0 Å². The Morgan fingerprint density at radius 3 is 2.46 bits per heavy atom. The van der Waals surface area contributed by atoms with Crippen molar-refractivity contribution < 1.29 is 14.6 Å². The zero-order valence-electron chi connectivity index (χ0n) is 6.52. The number of aromatic hydroxyl groups is 2. The molecule has 0 amide bonds. The average Bonchev–Trinajstić information content (AvgIpc) is 2.12. The van der Waals surface area contributed by atoms with E-state index in [0.717, 1.165) is 0 Å². The first-order chi connectivity index (χ1) is 6.20. The van der Waals surface area contributed by atoms with E-state index in [4.69, 9.17) is 4.42 Å². The molecular formula is C9H6O4. The topological polar surface area (TPSA) is 70.7 Å². The van der Waals surface area contributed by atoms with Gasteiger partial charge in [-0.3, -0.25) is 4.79 Å². The molecule has 0 spiro atoms. The van der Waals surface area contributed by atoms with Gasteiger partial charge in [-0.2, -0.15) is 0 Å². The summed E-state index contributed by atoms with van der Waals surface area (Å²) in [5.41, 5.74) is -0.373. The fourth-order valence-corrected chi connectivity index (χ4v) is 1.17. The van der Waals surface area contributed by atoms with Crippen LogP contribution in [0.2, 0.25) is 0 Å². The van der Waals surface area contributed by atoms with Crippen LogP contribution in [0.1, 0.15) is 0 Å². The van der Waals surface area contributed by atoms with E-state index in [-0.39, 0.29) is 27.9 Å². The van der Waals surface area contributed by atoms with Crippen LogP contribution in [0, 0.1) is 0 Å². The predicted molar refractivity (Wildman–Crippen MR) is 45.8 cm³/mol. The van der Waals surface area contributed by atoms with Gasteiger partial charge in [0.05, 0.1) is 6.26 Å². The van der Waals surface area contributed by atoms with Crippen molar-refractivity contribution >= 4 is 11.0 Å². The van der Waals surface area contributed by atoms with E-state index in [1.54, 1.807) is 0 Å². The molecule has 13 heavy (non-hydrogen) atoms. The van der Waals surface area contributed by atoms with E-state index < -0.39 is 0 Å². The summed E-state index contributed by atoms with van der Waals surface area (Å²) >= 11 is 0. The zero-order valence-corrected chi connectivity index (χ0v) is 6.52. The lowest BCUT2D eigenvalue weighted by Gasteiger charge is -1.99. The van der Waals surface area contributed by atoms with Crippen LogP contribution in [0.5, 0.6) is 11.5 Å². The van der Waals surface area contributed by atoms with Gasteiger partial charge >= 0.3 is 0 Å². The van der Waals surface area contributed by atoms with Gasteiger partial charge in [-0.1, -0.05) is 0 Å². The SMILES string of the molecule is O=c1ccoc2c(O)ccc(O)c12. The van der Waals surface area contributed by atoms with Crippen molar-refractivity contribution in [3.8, 4) is 11.5 Å². The van der Waals surface area contributed by atoms with Crippen LogP contribution >= 0.6 is 0 Å². The van der Waals surface area contributed by atoms with Crippen molar-refractivity contribution in [2.45, 2.75) is 0 Å². The minimum absolute atomic E-state index is 0.00231. The molecule has 0 aliphatic heterocycles. The molecule has 0 radical (unpaired) electrons. The van der Waals surface area contributed by atoms with Gasteiger partial charge in [0.2, 0.25) is 0 Å². The molecule has 66 valence electrons. The molecule has 2 N–H and O–H groups in total. The predicted octanol–water partition coefficient (Wildman–Crippen LogP) is 1.20. The molecule has 0 aliphatic rings. The summed E-state index contributed by atoms with van der Waals surface area (Å²) in [6.45, 7) is 0. The lowest BCUT2D eigenvalue weighted by molar-refractivity contribution is 0.453. The summed E-state index contributed by atoms with van der Waals surface area (Å²) in [7, 11) is 0. The van der Waals surface area contributed by atoms with Crippen molar-refractivity contribution in [2.24, 2.45) is 0 Å². The Morgan fingerprint density at radius 2 is 1.77 bits per heavy atom. The molecule has 1 aromatic carbocycles. The highest BCUT2D eigenvalue weighted by Gasteiger charge is 2.08. The quantitative estimate of drug-likeness (QED) is 0.594. The maximum Gasteiger partial charge on any atom is 0.196 e. The Labute approximate surface area is 72.7 Å². The third kappa shape index (κ3) is 1.03. The molecule has 2 rings (SSSR count). The number of hydrogen-bond donors (Lipinski definition) is 2. The first-order valence-corrected chi connectivity index (χ1v) is 3.62. The molecule has 0 unspecified atom stereocenters. The highest BCUT2D eigenvalue weighted by molar-refractivity contribution is 5.87. The van der Waals surface area contributed by atoms with E-state index in [1.807, 2.05) is 0 Å². The molecule has 0 bridgehead atoms. The summed E-state index contributed by atoms with van der Waals surface area (Å²) in [6.07, 6.45) is 1.17. The van der Waals surface area contributed by atoms with E-state index in [9.17, 15) is 15.0 Å². The standard InChI is InChI=1S/C9H6O4/c10-5-1-2-7(12)9-8(5)6(11)3-4-13-9/h1-4,10,12H. The smallest absolute Gasteiger partial charge is 0.196 e. The van der Waals surface area contributed by atoms with Crippen molar-refractivity contribution in [1.29, 1.82) is 0 Å². The zero-order chi connectivity index (χ0) is 9.42. The lowest BCUT2D eigenvalue weighted by Crippen LogP contribution is -1.97. The minimum atomic E-state index is -0.380. The number of phenols is 2. The van der Waals surface area contributed by atoms with Crippen LogP contribution in [0.4, 0.5) is 0 Å². The first-order valence-electron chi connectivity index (χ1n) is 3.62. The molecule has 4 nitrogen and oxygen atoms in total. The Kier molecular flexibility index (Phi) is 1.48. The maximum absolute atomic E-state index is 11.2. The average molecular weight is 178 g/mol. The van der Waals surface area contributed by atoms with Gasteiger partial charge in [-0.15, -0.1) is 0 Å². The van der Waals surface area contributed by atoms with Crippen LogP contribution in [-0.2, 0) is 0 Å². The maximum atomic E-state index is 11.2. The second-order valence-corrected chi connectivity index (χ2v) is 2.59. The highest BCUT2D eigenvalue weighted by Crippen LogP contribution is 2.28. The normalized spacial score (nSPS) is 10.5. The van der Waals surface area contributed by atoms with Crippen molar-refractivity contribution in [3.63, 3.8) is 0 Å².